The van der Waals surface area contributed by atoms with Crippen LogP contribution in [-0.4, -0.2) is 29.0 Å². The van der Waals surface area contributed by atoms with E-state index in [4.69, 9.17) is 27.9 Å². The number of halogens is 6. The SMILES string of the molecule is COc1ccc([C@H]2C[C@H](C(F)(F)F)n3nc(C(=O)Nc4ccc(F)c(Cl)c4)c(Cl)c3N2)cc1. The van der Waals surface area contributed by atoms with Crippen LogP contribution >= 0.6 is 23.2 Å². The molecule has 0 aliphatic carbocycles. The van der Waals surface area contributed by atoms with Gasteiger partial charge in [-0.25, -0.2) is 9.07 Å². The number of amides is 1. The lowest BCUT2D eigenvalue weighted by molar-refractivity contribution is -0.173. The van der Waals surface area contributed by atoms with Gasteiger partial charge in [-0.2, -0.15) is 18.3 Å². The van der Waals surface area contributed by atoms with Gasteiger partial charge in [-0.15, -0.1) is 0 Å². The molecule has 1 aromatic heterocycles. The van der Waals surface area contributed by atoms with E-state index in [1.165, 1.54) is 13.2 Å². The number of hydrogen-bond acceptors (Lipinski definition) is 4. The summed E-state index contributed by atoms with van der Waals surface area (Å²) in [5.41, 5.74) is 0.301. The van der Waals surface area contributed by atoms with Crippen molar-refractivity contribution in [3.8, 4) is 5.75 Å². The number of rotatable bonds is 4. The summed E-state index contributed by atoms with van der Waals surface area (Å²) in [5, 5.41) is 8.72. The Balaban J connectivity index is 1.68. The van der Waals surface area contributed by atoms with Crippen LogP contribution in [0.2, 0.25) is 10.0 Å². The largest absolute Gasteiger partial charge is 0.497 e. The fraction of sp³-hybridized carbons (Fsp3) is 0.238. The normalized spacial score (nSPS) is 17.8. The van der Waals surface area contributed by atoms with Crippen molar-refractivity contribution in [3.63, 3.8) is 0 Å². The van der Waals surface area contributed by atoms with E-state index in [2.05, 4.69) is 15.7 Å². The fourth-order valence-corrected chi connectivity index (χ4v) is 4.00. The van der Waals surface area contributed by atoms with Crippen molar-refractivity contribution in [2.75, 3.05) is 17.7 Å². The van der Waals surface area contributed by atoms with Gasteiger partial charge in [0.1, 0.15) is 22.4 Å². The summed E-state index contributed by atoms with van der Waals surface area (Å²) in [7, 11) is 1.48. The molecule has 6 nitrogen and oxygen atoms in total. The molecule has 0 saturated heterocycles. The van der Waals surface area contributed by atoms with Crippen LogP contribution in [0.3, 0.4) is 0 Å². The second kappa shape index (κ2) is 8.75. The highest BCUT2D eigenvalue weighted by Gasteiger charge is 2.47. The maximum absolute atomic E-state index is 13.9. The highest BCUT2D eigenvalue weighted by molar-refractivity contribution is 6.36. The Hall–Kier alpha value is -2.98. The number of hydrogen-bond donors (Lipinski definition) is 2. The molecule has 2 atom stereocenters. The molecule has 0 spiro atoms. The highest BCUT2D eigenvalue weighted by atomic mass is 35.5. The Morgan fingerprint density at radius 1 is 1.21 bits per heavy atom. The van der Waals surface area contributed by atoms with Gasteiger partial charge >= 0.3 is 6.18 Å². The fourth-order valence-electron chi connectivity index (χ4n) is 3.55. The molecule has 2 N–H and O–H groups in total. The van der Waals surface area contributed by atoms with Gasteiger partial charge in [0.25, 0.3) is 5.91 Å². The quantitative estimate of drug-likeness (QED) is 0.413. The number of benzene rings is 2. The van der Waals surface area contributed by atoms with Crippen LogP contribution in [0.4, 0.5) is 29.1 Å². The predicted molar refractivity (Wildman–Crippen MR) is 116 cm³/mol. The molecule has 0 saturated carbocycles. The van der Waals surface area contributed by atoms with Crippen molar-refractivity contribution in [1.29, 1.82) is 0 Å². The zero-order valence-electron chi connectivity index (χ0n) is 16.9. The van der Waals surface area contributed by atoms with Gasteiger partial charge in [-0.3, -0.25) is 4.79 Å². The molecule has 33 heavy (non-hydrogen) atoms. The van der Waals surface area contributed by atoms with Crippen LogP contribution in [0.15, 0.2) is 42.5 Å². The Morgan fingerprint density at radius 2 is 1.91 bits per heavy atom. The molecule has 1 amide bonds. The molecule has 4 rings (SSSR count). The van der Waals surface area contributed by atoms with E-state index in [9.17, 15) is 22.4 Å². The first-order valence-electron chi connectivity index (χ1n) is 9.60. The summed E-state index contributed by atoms with van der Waals surface area (Å²) in [5.74, 6) is -1.13. The number of nitrogens with zero attached hydrogens (tertiary/aromatic N) is 2. The van der Waals surface area contributed by atoms with E-state index >= 15 is 0 Å². The third-order valence-corrected chi connectivity index (χ3v) is 5.85. The molecule has 2 aromatic carbocycles. The number of fused-ring (bicyclic) bond motifs is 1. The Bertz CT molecular complexity index is 1200. The third-order valence-electron chi connectivity index (χ3n) is 5.21. The second-order valence-corrected chi connectivity index (χ2v) is 8.09. The molecule has 174 valence electrons. The molecule has 0 bridgehead atoms. The molecular formula is C21H16Cl2F4N4O2. The van der Waals surface area contributed by atoms with E-state index in [-0.39, 0.29) is 28.0 Å². The van der Waals surface area contributed by atoms with Crippen molar-refractivity contribution in [1.82, 2.24) is 9.78 Å². The number of ether oxygens (including phenoxy) is 1. The summed E-state index contributed by atoms with van der Waals surface area (Å²) < 4.78 is 60.8. The minimum Gasteiger partial charge on any atom is -0.497 e. The molecule has 1 aliphatic rings. The van der Waals surface area contributed by atoms with Crippen LogP contribution in [0, 0.1) is 5.82 Å². The van der Waals surface area contributed by atoms with Gasteiger partial charge in [0.05, 0.1) is 18.2 Å². The second-order valence-electron chi connectivity index (χ2n) is 7.30. The van der Waals surface area contributed by atoms with Gasteiger partial charge in [0.15, 0.2) is 11.7 Å². The predicted octanol–water partition coefficient (Wildman–Crippen LogP) is 6.25. The molecule has 3 aromatic rings. The lowest BCUT2D eigenvalue weighted by Crippen LogP contribution is -2.35. The molecule has 12 heteroatoms. The van der Waals surface area contributed by atoms with Crippen LogP contribution in [0.25, 0.3) is 0 Å². The summed E-state index contributed by atoms with van der Waals surface area (Å²) in [4.78, 5) is 12.7. The zero-order chi connectivity index (χ0) is 23.9. The minimum atomic E-state index is -4.64. The molecule has 0 radical (unpaired) electrons. The first-order chi connectivity index (χ1) is 15.6. The lowest BCUT2D eigenvalue weighted by atomic mass is 9.97. The number of anilines is 2. The van der Waals surface area contributed by atoms with Gasteiger partial charge in [-0.05, 0) is 35.9 Å². The number of aromatic nitrogens is 2. The minimum absolute atomic E-state index is 0.130. The van der Waals surface area contributed by atoms with Crippen molar-refractivity contribution < 1.29 is 27.1 Å². The van der Waals surface area contributed by atoms with Crippen LogP contribution in [-0.2, 0) is 0 Å². The topological polar surface area (TPSA) is 68.2 Å². The van der Waals surface area contributed by atoms with Crippen LogP contribution in [0.1, 0.15) is 34.6 Å². The Kier molecular flexibility index (Phi) is 6.15. The summed E-state index contributed by atoms with van der Waals surface area (Å²) in [6, 6.07) is 7.27. The summed E-state index contributed by atoms with van der Waals surface area (Å²) >= 11 is 12.0. The molecule has 1 aliphatic heterocycles. The van der Waals surface area contributed by atoms with Crippen molar-refractivity contribution >= 4 is 40.6 Å². The molecular weight excluding hydrogens is 487 g/mol. The summed E-state index contributed by atoms with van der Waals surface area (Å²) in [6.07, 6.45) is -5.01. The number of carbonyl (C=O) groups excluding carboxylic acids is 1. The van der Waals surface area contributed by atoms with Gasteiger partial charge in [0, 0.05) is 12.1 Å². The van der Waals surface area contributed by atoms with E-state index in [0.717, 1.165) is 12.1 Å². The smallest absolute Gasteiger partial charge is 0.410 e. The lowest BCUT2D eigenvalue weighted by Gasteiger charge is -2.33. The third kappa shape index (κ3) is 4.58. The number of carbonyl (C=O) groups is 1. The first-order valence-corrected chi connectivity index (χ1v) is 10.4. The van der Waals surface area contributed by atoms with E-state index in [1.54, 1.807) is 24.3 Å². The van der Waals surface area contributed by atoms with Crippen LogP contribution in [0.5, 0.6) is 5.75 Å². The highest BCUT2D eigenvalue weighted by Crippen LogP contribution is 2.46. The molecule has 0 fully saturated rings. The maximum Gasteiger partial charge on any atom is 0.410 e. The monoisotopic (exact) mass is 502 g/mol. The van der Waals surface area contributed by atoms with Gasteiger partial charge in [-0.1, -0.05) is 35.3 Å². The maximum atomic E-state index is 13.9. The average Bonchev–Trinajstić information content (AvgIpc) is 3.11. The number of nitrogens with one attached hydrogen (secondary N) is 2. The first kappa shape index (κ1) is 23.2. The number of alkyl halides is 3. The van der Waals surface area contributed by atoms with Gasteiger partial charge in [0.2, 0.25) is 0 Å². The number of methoxy groups -OCH3 is 1. The van der Waals surface area contributed by atoms with Gasteiger partial charge < -0.3 is 15.4 Å². The van der Waals surface area contributed by atoms with E-state index in [1.807, 2.05) is 0 Å². The van der Waals surface area contributed by atoms with Crippen molar-refractivity contribution in [2.24, 2.45) is 0 Å². The molecule has 0 unspecified atom stereocenters. The Labute approximate surface area is 195 Å². The van der Waals surface area contributed by atoms with E-state index < -0.39 is 35.7 Å². The van der Waals surface area contributed by atoms with Crippen molar-refractivity contribution in [3.05, 3.63) is 69.6 Å². The van der Waals surface area contributed by atoms with Crippen LogP contribution < -0.4 is 15.4 Å². The molecule has 2 heterocycles. The van der Waals surface area contributed by atoms with Crippen molar-refractivity contribution in [2.45, 2.75) is 24.7 Å². The average molecular weight is 503 g/mol. The Morgan fingerprint density at radius 3 is 2.52 bits per heavy atom. The zero-order valence-corrected chi connectivity index (χ0v) is 18.4. The van der Waals surface area contributed by atoms with E-state index in [0.29, 0.717) is 16.0 Å². The summed E-state index contributed by atoms with van der Waals surface area (Å²) in [6.45, 7) is 0. The standard InChI is InChI=1S/C21H16Cl2F4N4O2/c1-33-12-5-2-10(3-6-12)15-9-16(21(25,26)27)31-19(29-15)17(23)18(30-31)20(32)28-11-4-7-14(24)13(22)8-11/h2-8,15-16,29H,9H2,1H3,(H,28,32)/t15-,16-/m1/s1.